The minimum atomic E-state index is -1.67. The van der Waals surface area contributed by atoms with Crippen molar-refractivity contribution in [2.75, 3.05) is 6.54 Å². The third kappa shape index (κ3) is 3.52. The van der Waals surface area contributed by atoms with Gasteiger partial charge < -0.3 is 21.3 Å². The van der Waals surface area contributed by atoms with Gasteiger partial charge in [0, 0.05) is 6.54 Å². The van der Waals surface area contributed by atoms with Crippen molar-refractivity contribution in [3.63, 3.8) is 0 Å². The monoisotopic (exact) mass is 176 g/mol. The molecule has 0 bridgehead atoms. The molecule has 1 atom stereocenters. The second kappa shape index (κ2) is 4.29. The van der Waals surface area contributed by atoms with Gasteiger partial charge in [0.1, 0.15) is 6.04 Å². The van der Waals surface area contributed by atoms with E-state index in [1.807, 2.05) is 5.32 Å². The Bertz CT molecular complexity index is 214. The summed E-state index contributed by atoms with van der Waals surface area (Å²) in [5.74, 6) is -4.25. The third-order valence-electron chi connectivity index (χ3n) is 0.994. The topological polar surface area (TPSA) is 130 Å². The van der Waals surface area contributed by atoms with Crippen LogP contribution in [0.15, 0.2) is 0 Å². The number of rotatable bonds is 3. The molecule has 7 heteroatoms. The Kier molecular flexibility index (Phi) is 3.71. The van der Waals surface area contributed by atoms with Gasteiger partial charge in [0.15, 0.2) is 0 Å². The molecule has 0 unspecified atom stereocenters. The Labute approximate surface area is 67.2 Å². The predicted molar refractivity (Wildman–Crippen MR) is 36.3 cm³/mol. The molecule has 0 radical (unpaired) electrons. The molecule has 0 aliphatic rings. The summed E-state index contributed by atoms with van der Waals surface area (Å²) < 4.78 is 0. The largest absolute Gasteiger partial charge is 0.480 e. The summed E-state index contributed by atoms with van der Waals surface area (Å²) in [6.45, 7) is -0.402. The SMILES string of the molecule is N[C@H](CNC(=O)C(=O)O)C(=O)O. The molecule has 0 aromatic heterocycles. The molecule has 0 aliphatic carbocycles. The van der Waals surface area contributed by atoms with Gasteiger partial charge in [-0.15, -0.1) is 0 Å². The van der Waals surface area contributed by atoms with E-state index in [1.54, 1.807) is 0 Å². The van der Waals surface area contributed by atoms with Crippen LogP contribution in [0.1, 0.15) is 0 Å². The number of nitrogens with two attached hydrogens (primary N) is 1. The first-order chi connectivity index (χ1) is 5.45. The Morgan fingerprint density at radius 3 is 2.17 bits per heavy atom. The van der Waals surface area contributed by atoms with E-state index >= 15 is 0 Å². The lowest BCUT2D eigenvalue weighted by Crippen LogP contribution is -2.44. The van der Waals surface area contributed by atoms with Crippen LogP contribution in [0.5, 0.6) is 0 Å². The highest BCUT2D eigenvalue weighted by Crippen LogP contribution is 1.75. The van der Waals surface area contributed by atoms with Crippen molar-refractivity contribution >= 4 is 17.8 Å². The van der Waals surface area contributed by atoms with Crippen molar-refractivity contribution in [2.24, 2.45) is 5.73 Å². The fraction of sp³-hybridized carbons (Fsp3) is 0.400. The second-order valence-electron chi connectivity index (χ2n) is 1.96. The van der Waals surface area contributed by atoms with Crippen molar-refractivity contribution in [1.29, 1.82) is 0 Å². The van der Waals surface area contributed by atoms with Gasteiger partial charge in [-0.05, 0) is 0 Å². The maximum atomic E-state index is 10.3. The van der Waals surface area contributed by atoms with Crippen LogP contribution in [-0.4, -0.2) is 40.6 Å². The van der Waals surface area contributed by atoms with Crippen LogP contribution in [0.4, 0.5) is 0 Å². The molecule has 12 heavy (non-hydrogen) atoms. The van der Waals surface area contributed by atoms with Crippen LogP contribution in [0.25, 0.3) is 0 Å². The molecule has 0 aromatic rings. The molecule has 0 fully saturated rings. The molecule has 0 saturated heterocycles. The van der Waals surface area contributed by atoms with Crippen LogP contribution in [0.2, 0.25) is 0 Å². The van der Waals surface area contributed by atoms with Gasteiger partial charge in [-0.1, -0.05) is 0 Å². The third-order valence-corrected chi connectivity index (χ3v) is 0.994. The normalized spacial score (nSPS) is 11.8. The van der Waals surface area contributed by atoms with E-state index in [0.717, 1.165) is 0 Å². The zero-order valence-corrected chi connectivity index (χ0v) is 5.98. The molecular formula is C5H8N2O5. The number of aliphatic carboxylic acids is 2. The number of nitrogens with one attached hydrogen (secondary N) is 1. The van der Waals surface area contributed by atoms with E-state index < -0.39 is 30.4 Å². The molecule has 0 rings (SSSR count). The molecule has 5 N–H and O–H groups in total. The summed E-state index contributed by atoms with van der Waals surface area (Å²) in [5, 5.41) is 18.1. The summed E-state index contributed by atoms with van der Waals surface area (Å²) in [6.07, 6.45) is 0. The standard InChI is InChI=1S/C5H8N2O5/c6-2(4(9)10)1-7-3(8)5(11)12/h2H,1,6H2,(H,7,8)(H,9,10)(H,11,12)/t2-/m1/s1. The highest BCUT2D eigenvalue weighted by Gasteiger charge is 2.15. The van der Waals surface area contributed by atoms with Crippen LogP contribution in [-0.2, 0) is 14.4 Å². The van der Waals surface area contributed by atoms with Gasteiger partial charge in [0.2, 0.25) is 0 Å². The minimum Gasteiger partial charge on any atom is -0.480 e. The lowest BCUT2D eigenvalue weighted by atomic mass is 10.3. The lowest BCUT2D eigenvalue weighted by Gasteiger charge is -2.05. The molecule has 68 valence electrons. The summed E-state index contributed by atoms with van der Waals surface area (Å²) in [7, 11) is 0. The molecule has 0 aromatic carbocycles. The number of hydrogen-bond donors (Lipinski definition) is 4. The summed E-state index contributed by atoms with van der Waals surface area (Å²) >= 11 is 0. The number of carboxylic acids is 2. The van der Waals surface area contributed by atoms with Crippen molar-refractivity contribution < 1.29 is 24.6 Å². The highest BCUT2D eigenvalue weighted by molar-refractivity contribution is 6.31. The first-order valence-corrected chi connectivity index (χ1v) is 2.94. The van der Waals surface area contributed by atoms with Crippen molar-refractivity contribution in [3.05, 3.63) is 0 Å². The maximum Gasteiger partial charge on any atom is 0.394 e. The average Bonchev–Trinajstić information content (AvgIpc) is 1.98. The van der Waals surface area contributed by atoms with Crippen LogP contribution < -0.4 is 11.1 Å². The lowest BCUT2D eigenvalue weighted by molar-refractivity contribution is -0.150. The summed E-state index contributed by atoms with van der Waals surface area (Å²) in [5.41, 5.74) is 4.96. The molecule has 0 spiro atoms. The average molecular weight is 176 g/mol. The molecule has 1 amide bonds. The number of hydrogen-bond acceptors (Lipinski definition) is 4. The van der Waals surface area contributed by atoms with E-state index in [-0.39, 0.29) is 0 Å². The van der Waals surface area contributed by atoms with E-state index in [2.05, 4.69) is 0 Å². The van der Waals surface area contributed by atoms with Gasteiger partial charge in [0.25, 0.3) is 0 Å². The van der Waals surface area contributed by atoms with E-state index in [4.69, 9.17) is 15.9 Å². The molecule has 7 nitrogen and oxygen atoms in total. The van der Waals surface area contributed by atoms with Crippen LogP contribution in [0.3, 0.4) is 0 Å². The summed E-state index contributed by atoms with van der Waals surface area (Å²) in [6, 6.07) is -1.28. The Hall–Kier alpha value is -1.63. The zero-order valence-electron chi connectivity index (χ0n) is 5.98. The van der Waals surface area contributed by atoms with E-state index in [0.29, 0.717) is 0 Å². The van der Waals surface area contributed by atoms with Gasteiger partial charge in [-0.3, -0.25) is 9.59 Å². The first-order valence-electron chi connectivity index (χ1n) is 2.94. The van der Waals surface area contributed by atoms with Gasteiger partial charge in [-0.2, -0.15) is 0 Å². The second-order valence-corrected chi connectivity index (χ2v) is 1.96. The van der Waals surface area contributed by atoms with E-state index in [1.165, 1.54) is 0 Å². The fourth-order valence-corrected chi connectivity index (χ4v) is 0.366. The molecule has 0 aliphatic heterocycles. The molecular weight excluding hydrogens is 168 g/mol. The van der Waals surface area contributed by atoms with Gasteiger partial charge >= 0.3 is 17.8 Å². The number of carboxylic acid groups (broad SMARTS) is 2. The number of carbonyl (C=O) groups is 3. The zero-order chi connectivity index (χ0) is 9.72. The van der Waals surface area contributed by atoms with E-state index in [9.17, 15) is 14.4 Å². The Morgan fingerprint density at radius 1 is 1.33 bits per heavy atom. The van der Waals surface area contributed by atoms with Gasteiger partial charge in [-0.25, -0.2) is 4.79 Å². The quantitative estimate of drug-likeness (QED) is 0.354. The molecule has 0 heterocycles. The van der Waals surface area contributed by atoms with Crippen LogP contribution in [0, 0.1) is 0 Å². The van der Waals surface area contributed by atoms with Gasteiger partial charge in [0.05, 0.1) is 0 Å². The predicted octanol–water partition coefficient (Wildman–Crippen LogP) is -2.40. The summed E-state index contributed by atoms with van der Waals surface area (Å²) in [4.78, 5) is 30.3. The highest BCUT2D eigenvalue weighted by atomic mass is 16.4. The first kappa shape index (κ1) is 10.4. The Morgan fingerprint density at radius 2 is 1.83 bits per heavy atom. The fourth-order valence-electron chi connectivity index (χ4n) is 0.366. The van der Waals surface area contributed by atoms with Crippen LogP contribution >= 0.6 is 0 Å². The Balaban J connectivity index is 3.76. The van der Waals surface area contributed by atoms with Crippen molar-refractivity contribution in [2.45, 2.75) is 6.04 Å². The smallest absolute Gasteiger partial charge is 0.394 e. The number of amides is 1. The van der Waals surface area contributed by atoms with Crippen molar-refractivity contribution in [1.82, 2.24) is 5.32 Å². The maximum absolute atomic E-state index is 10.3. The number of carbonyl (C=O) groups excluding carboxylic acids is 1. The minimum absolute atomic E-state index is 0.402. The van der Waals surface area contributed by atoms with Crippen molar-refractivity contribution in [3.8, 4) is 0 Å². The molecule has 0 saturated carbocycles.